The summed E-state index contributed by atoms with van der Waals surface area (Å²) in [4.78, 5) is 25.1. The molecule has 0 unspecified atom stereocenters. The number of carbonyl (C=O) groups is 2. The monoisotopic (exact) mass is 352 g/mol. The van der Waals surface area contributed by atoms with Crippen LogP contribution in [0.5, 0.6) is 5.75 Å². The number of aliphatic hydroxyl groups is 1. The van der Waals surface area contributed by atoms with Crippen LogP contribution in [0.3, 0.4) is 0 Å². The third kappa shape index (κ3) is 3.08. The van der Waals surface area contributed by atoms with Crippen LogP contribution in [0.15, 0.2) is 60.4 Å². The van der Waals surface area contributed by atoms with Crippen LogP contribution in [-0.4, -0.2) is 30.6 Å². The van der Waals surface area contributed by atoms with Crippen molar-refractivity contribution < 1.29 is 24.2 Å². The highest BCUT2D eigenvalue weighted by Gasteiger charge is 2.48. The smallest absolute Gasteiger partial charge is 0.317 e. The van der Waals surface area contributed by atoms with E-state index in [0.29, 0.717) is 16.9 Å². The molecule has 134 valence electrons. The first-order chi connectivity index (χ1) is 12.6. The van der Waals surface area contributed by atoms with Gasteiger partial charge in [-0.3, -0.25) is 9.59 Å². The van der Waals surface area contributed by atoms with Crippen molar-refractivity contribution in [2.45, 2.75) is 12.8 Å². The van der Waals surface area contributed by atoms with Gasteiger partial charge in [-0.25, -0.2) is 0 Å². The molecule has 5 heteroatoms. The molecule has 3 rings (SSSR count). The van der Waals surface area contributed by atoms with E-state index in [-0.39, 0.29) is 12.4 Å². The van der Waals surface area contributed by atoms with Crippen molar-refractivity contribution in [2.75, 3.05) is 13.7 Å². The molecule has 0 saturated heterocycles. The Morgan fingerprint density at radius 2 is 1.73 bits per heavy atom. The van der Waals surface area contributed by atoms with Crippen molar-refractivity contribution in [1.29, 1.82) is 0 Å². The van der Waals surface area contributed by atoms with Gasteiger partial charge in [0.15, 0.2) is 5.76 Å². The van der Waals surface area contributed by atoms with Gasteiger partial charge in [0.1, 0.15) is 11.7 Å². The van der Waals surface area contributed by atoms with Gasteiger partial charge in [-0.15, -0.1) is 0 Å². The number of benzene rings is 2. The van der Waals surface area contributed by atoms with E-state index in [1.807, 2.05) is 30.3 Å². The minimum Gasteiger partial charge on any atom is -0.504 e. The Labute approximate surface area is 151 Å². The van der Waals surface area contributed by atoms with Crippen molar-refractivity contribution in [3.63, 3.8) is 0 Å². The quantitative estimate of drug-likeness (QED) is 0.658. The van der Waals surface area contributed by atoms with Gasteiger partial charge in [-0.1, -0.05) is 42.5 Å². The Morgan fingerprint density at radius 1 is 1.08 bits per heavy atom. The average Bonchev–Trinajstić information content (AvgIpc) is 2.94. The van der Waals surface area contributed by atoms with Gasteiger partial charge in [-0.2, -0.15) is 0 Å². The van der Waals surface area contributed by atoms with Crippen LogP contribution in [-0.2, 0) is 14.3 Å². The van der Waals surface area contributed by atoms with Crippen LogP contribution in [0.1, 0.15) is 24.0 Å². The number of methoxy groups -OCH3 is 1. The number of hydrogen-bond acceptors (Lipinski definition) is 5. The Balaban J connectivity index is 2.12. The van der Waals surface area contributed by atoms with Crippen LogP contribution in [0, 0.1) is 5.92 Å². The molecule has 2 atom stereocenters. The molecule has 0 radical (unpaired) electrons. The summed E-state index contributed by atoms with van der Waals surface area (Å²) in [5, 5.41) is 10.5. The number of allylic oxidation sites excluding steroid dienone is 2. The normalized spacial score (nSPS) is 19.5. The standard InChI is InChI=1S/C21H20O5/c1-3-26-21(24)18-16(13-7-5-4-6-8-13)17(19(22)20(18)23)14-9-11-15(25-2)12-10-14/h4-12,16,18,22H,3H2,1-2H3/t16-,18+/m0/s1. The highest BCUT2D eigenvalue weighted by atomic mass is 16.5. The Morgan fingerprint density at radius 3 is 2.31 bits per heavy atom. The summed E-state index contributed by atoms with van der Waals surface area (Å²) in [5.74, 6) is -2.64. The highest BCUT2D eigenvalue weighted by Crippen LogP contribution is 2.47. The number of Topliss-reactive ketones (excluding diaryl/α,β-unsaturated/α-hetero) is 1. The third-order valence-corrected chi connectivity index (χ3v) is 4.52. The van der Waals surface area contributed by atoms with Gasteiger partial charge in [0.05, 0.1) is 13.7 Å². The molecule has 0 aliphatic heterocycles. The van der Waals surface area contributed by atoms with E-state index in [1.54, 1.807) is 38.3 Å². The van der Waals surface area contributed by atoms with Gasteiger partial charge >= 0.3 is 5.97 Å². The van der Waals surface area contributed by atoms with Crippen LogP contribution >= 0.6 is 0 Å². The summed E-state index contributed by atoms with van der Waals surface area (Å²) in [6.07, 6.45) is 0. The van der Waals surface area contributed by atoms with Crippen molar-refractivity contribution in [3.05, 3.63) is 71.5 Å². The maximum Gasteiger partial charge on any atom is 0.317 e. The first kappa shape index (κ1) is 17.7. The van der Waals surface area contributed by atoms with Gasteiger partial charge in [0, 0.05) is 11.5 Å². The van der Waals surface area contributed by atoms with Crippen molar-refractivity contribution >= 4 is 17.3 Å². The average molecular weight is 352 g/mol. The minimum absolute atomic E-state index is 0.169. The molecule has 0 heterocycles. The first-order valence-electron chi connectivity index (χ1n) is 8.41. The zero-order chi connectivity index (χ0) is 18.7. The summed E-state index contributed by atoms with van der Waals surface area (Å²) in [6, 6.07) is 16.2. The number of hydrogen-bond donors (Lipinski definition) is 1. The fourth-order valence-corrected chi connectivity index (χ4v) is 3.33. The summed E-state index contributed by atoms with van der Waals surface area (Å²) in [6.45, 7) is 1.86. The molecule has 26 heavy (non-hydrogen) atoms. The molecule has 0 bridgehead atoms. The molecule has 1 aliphatic carbocycles. The Bertz CT molecular complexity index is 836. The van der Waals surface area contributed by atoms with E-state index in [4.69, 9.17) is 9.47 Å². The highest BCUT2D eigenvalue weighted by molar-refractivity contribution is 6.17. The topological polar surface area (TPSA) is 72.8 Å². The number of carbonyl (C=O) groups excluding carboxylic acids is 2. The summed E-state index contributed by atoms with van der Waals surface area (Å²) >= 11 is 0. The molecule has 2 aromatic rings. The predicted octanol–water partition coefficient (Wildman–Crippen LogP) is 3.51. The van der Waals surface area contributed by atoms with Crippen molar-refractivity contribution in [3.8, 4) is 5.75 Å². The number of ether oxygens (including phenoxy) is 2. The lowest BCUT2D eigenvalue weighted by Gasteiger charge is -2.21. The first-order valence-corrected chi connectivity index (χ1v) is 8.41. The molecule has 5 nitrogen and oxygen atoms in total. The van der Waals surface area contributed by atoms with Crippen molar-refractivity contribution in [2.24, 2.45) is 5.92 Å². The van der Waals surface area contributed by atoms with E-state index in [0.717, 1.165) is 5.56 Å². The zero-order valence-corrected chi connectivity index (χ0v) is 14.6. The molecule has 0 spiro atoms. The fourth-order valence-electron chi connectivity index (χ4n) is 3.33. The molecule has 1 N–H and O–H groups in total. The van der Waals surface area contributed by atoms with Gasteiger partial charge in [0.25, 0.3) is 0 Å². The molecule has 2 aromatic carbocycles. The van der Waals surface area contributed by atoms with E-state index in [9.17, 15) is 14.7 Å². The summed E-state index contributed by atoms with van der Waals surface area (Å²) in [7, 11) is 1.56. The lowest BCUT2D eigenvalue weighted by atomic mass is 9.82. The molecular weight excluding hydrogens is 332 g/mol. The fraction of sp³-hybridized carbons (Fsp3) is 0.238. The second-order valence-electron chi connectivity index (χ2n) is 5.97. The third-order valence-electron chi connectivity index (χ3n) is 4.52. The van der Waals surface area contributed by atoms with E-state index in [2.05, 4.69) is 0 Å². The largest absolute Gasteiger partial charge is 0.504 e. The number of ketones is 1. The molecular formula is C21H20O5. The van der Waals surface area contributed by atoms with Gasteiger partial charge in [0.2, 0.25) is 5.78 Å². The predicted molar refractivity (Wildman–Crippen MR) is 96.9 cm³/mol. The van der Waals surface area contributed by atoms with Crippen molar-refractivity contribution in [1.82, 2.24) is 0 Å². The van der Waals surface area contributed by atoms with E-state index >= 15 is 0 Å². The second kappa shape index (κ2) is 7.44. The lowest BCUT2D eigenvalue weighted by molar-refractivity contribution is -0.151. The summed E-state index contributed by atoms with van der Waals surface area (Å²) < 4.78 is 10.3. The number of aliphatic hydroxyl groups excluding tert-OH is 1. The van der Waals surface area contributed by atoms with Gasteiger partial charge < -0.3 is 14.6 Å². The van der Waals surface area contributed by atoms with E-state index < -0.39 is 23.6 Å². The molecule has 0 aromatic heterocycles. The van der Waals surface area contributed by atoms with E-state index in [1.165, 1.54) is 0 Å². The molecule has 1 aliphatic rings. The lowest BCUT2D eigenvalue weighted by Crippen LogP contribution is -2.28. The zero-order valence-electron chi connectivity index (χ0n) is 14.6. The molecule has 0 amide bonds. The maximum absolute atomic E-state index is 12.7. The SMILES string of the molecule is CCOC(=O)[C@H]1C(=O)C(O)=C(c2ccc(OC)cc2)[C@@H]1c1ccccc1. The minimum atomic E-state index is -1.09. The number of rotatable bonds is 5. The van der Waals surface area contributed by atoms with Crippen LogP contribution < -0.4 is 4.74 Å². The number of esters is 1. The van der Waals surface area contributed by atoms with Crippen LogP contribution in [0.25, 0.3) is 5.57 Å². The second-order valence-corrected chi connectivity index (χ2v) is 5.97. The van der Waals surface area contributed by atoms with Crippen LogP contribution in [0.2, 0.25) is 0 Å². The Hall–Kier alpha value is -3.08. The Kier molecular flexibility index (Phi) is 5.07. The van der Waals surface area contributed by atoms with Gasteiger partial charge in [-0.05, 0) is 30.2 Å². The van der Waals surface area contributed by atoms with Crippen LogP contribution in [0.4, 0.5) is 0 Å². The maximum atomic E-state index is 12.7. The summed E-state index contributed by atoms with van der Waals surface area (Å²) in [5.41, 5.74) is 1.87. The molecule has 0 saturated carbocycles. The molecule has 0 fully saturated rings.